The Balaban J connectivity index is 1.70. The van der Waals surface area contributed by atoms with E-state index in [-0.39, 0.29) is 6.10 Å². The molecule has 0 aromatic heterocycles. The van der Waals surface area contributed by atoms with E-state index >= 15 is 0 Å². The summed E-state index contributed by atoms with van der Waals surface area (Å²) in [6, 6.07) is 8.93. The lowest BCUT2D eigenvalue weighted by Crippen LogP contribution is -2.32. The van der Waals surface area contributed by atoms with Crippen LogP contribution >= 0.6 is 0 Å². The fourth-order valence-corrected chi connectivity index (χ4v) is 1.93. The molecule has 1 saturated carbocycles. The van der Waals surface area contributed by atoms with Gasteiger partial charge in [0.2, 0.25) is 0 Å². The van der Waals surface area contributed by atoms with Gasteiger partial charge in [-0.3, -0.25) is 4.84 Å². The topological polar surface area (TPSA) is 47.6 Å². The normalized spacial score (nSPS) is 16.5. The van der Waals surface area contributed by atoms with Crippen molar-refractivity contribution in [2.45, 2.75) is 38.2 Å². The Morgan fingerprint density at radius 1 is 1.12 bits per heavy atom. The Hall–Kier alpha value is -1.55. The van der Waals surface area contributed by atoms with E-state index in [1.807, 2.05) is 18.2 Å². The van der Waals surface area contributed by atoms with Gasteiger partial charge in [-0.25, -0.2) is 4.79 Å². The van der Waals surface area contributed by atoms with Gasteiger partial charge < -0.3 is 4.74 Å². The van der Waals surface area contributed by atoms with Gasteiger partial charge in [0, 0.05) is 0 Å². The number of nitrogens with one attached hydrogen (secondary N) is 1. The number of hydrogen-bond donors (Lipinski definition) is 1. The minimum Gasteiger partial charge on any atom is -0.409 e. The van der Waals surface area contributed by atoms with E-state index in [2.05, 4.69) is 5.48 Å². The Bertz CT molecular complexity index is 347. The van der Waals surface area contributed by atoms with Crippen LogP contribution < -0.4 is 10.2 Å². The van der Waals surface area contributed by atoms with E-state index < -0.39 is 6.09 Å². The summed E-state index contributed by atoms with van der Waals surface area (Å²) in [7, 11) is 0. The molecule has 1 aliphatic carbocycles. The Morgan fingerprint density at radius 3 is 2.53 bits per heavy atom. The first-order valence-corrected chi connectivity index (χ1v) is 6.03. The van der Waals surface area contributed by atoms with Crippen LogP contribution in [0.1, 0.15) is 32.1 Å². The summed E-state index contributed by atoms with van der Waals surface area (Å²) in [6.45, 7) is 0. The summed E-state index contributed by atoms with van der Waals surface area (Å²) in [5.41, 5.74) is 2.34. The van der Waals surface area contributed by atoms with E-state index in [4.69, 9.17) is 9.57 Å². The number of hydrogen-bond acceptors (Lipinski definition) is 3. The summed E-state index contributed by atoms with van der Waals surface area (Å²) in [4.78, 5) is 16.7. The number of rotatable bonds is 3. The van der Waals surface area contributed by atoms with Gasteiger partial charge in [-0.2, -0.15) is 5.48 Å². The lowest BCUT2D eigenvalue weighted by Gasteiger charge is -2.21. The minimum absolute atomic E-state index is 0.132. The van der Waals surface area contributed by atoms with Gasteiger partial charge in [-0.1, -0.05) is 37.5 Å². The minimum atomic E-state index is -0.568. The molecule has 0 spiro atoms. The number of carbonyl (C=O) groups is 1. The molecule has 1 aromatic rings. The molecule has 0 heterocycles. The van der Waals surface area contributed by atoms with Gasteiger partial charge in [-0.15, -0.1) is 0 Å². The molecule has 0 atom stereocenters. The molecule has 4 nitrogen and oxygen atoms in total. The van der Waals surface area contributed by atoms with E-state index in [1.165, 1.54) is 19.3 Å². The Kier molecular flexibility index (Phi) is 4.38. The predicted octanol–water partition coefficient (Wildman–Crippen LogP) is 3.04. The molecule has 1 amide bonds. The molecule has 0 radical (unpaired) electrons. The second kappa shape index (κ2) is 6.25. The summed E-state index contributed by atoms with van der Waals surface area (Å²) in [6.07, 6.45) is 5.17. The predicted molar refractivity (Wildman–Crippen MR) is 63.6 cm³/mol. The molecule has 1 fully saturated rings. The third-order valence-electron chi connectivity index (χ3n) is 2.81. The molecule has 0 bridgehead atoms. The first kappa shape index (κ1) is 11.9. The van der Waals surface area contributed by atoms with Gasteiger partial charge in [0.1, 0.15) is 5.75 Å². The highest BCUT2D eigenvalue weighted by Crippen LogP contribution is 2.19. The highest BCUT2D eigenvalue weighted by molar-refractivity contribution is 5.69. The molecule has 0 aliphatic heterocycles. The summed E-state index contributed by atoms with van der Waals surface area (Å²) < 4.78 is 5.03. The molecule has 4 heteroatoms. The molecular formula is C13H17NO3. The average molecular weight is 235 g/mol. The second-order valence-corrected chi connectivity index (χ2v) is 4.18. The van der Waals surface area contributed by atoms with Crippen molar-refractivity contribution in [2.75, 3.05) is 0 Å². The van der Waals surface area contributed by atoms with Crippen LogP contribution in [0.15, 0.2) is 30.3 Å². The molecule has 0 saturated heterocycles. The quantitative estimate of drug-likeness (QED) is 0.819. The third-order valence-corrected chi connectivity index (χ3v) is 2.81. The molecule has 0 unspecified atom stereocenters. The highest BCUT2D eigenvalue weighted by atomic mass is 16.7. The van der Waals surface area contributed by atoms with Crippen LogP contribution in [0.2, 0.25) is 0 Å². The van der Waals surface area contributed by atoms with Crippen molar-refractivity contribution in [1.82, 2.24) is 5.48 Å². The third kappa shape index (κ3) is 4.07. The maximum Gasteiger partial charge on any atom is 0.436 e. The lowest BCUT2D eigenvalue weighted by atomic mass is 9.98. The maximum absolute atomic E-state index is 11.4. The van der Waals surface area contributed by atoms with Crippen LogP contribution in [0.4, 0.5) is 4.79 Å². The van der Waals surface area contributed by atoms with Crippen LogP contribution in [0.3, 0.4) is 0 Å². The first-order valence-electron chi connectivity index (χ1n) is 6.03. The highest BCUT2D eigenvalue weighted by Gasteiger charge is 2.15. The zero-order valence-corrected chi connectivity index (χ0v) is 9.72. The molecule has 92 valence electrons. The van der Waals surface area contributed by atoms with Crippen LogP contribution in [0.5, 0.6) is 5.75 Å². The summed E-state index contributed by atoms with van der Waals surface area (Å²) in [5.74, 6) is 0.511. The van der Waals surface area contributed by atoms with Gasteiger partial charge >= 0.3 is 6.09 Å². The van der Waals surface area contributed by atoms with Gasteiger partial charge in [0.15, 0.2) is 0 Å². The smallest absolute Gasteiger partial charge is 0.409 e. The number of ether oxygens (including phenoxy) is 1. The average Bonchev–Trinajstić information content (AvgIpc) is 2.39. The summed E-state index contributed by atoms with van der Waals surface area (Å²) in [5, 5.41) is 0. The second-order valence-electron chi connectivity index (χ2n) is 4.18. The van der Waals surface area contributed by atoms with Gasteiger partial charge in [-0.05, 0) is 25.0 Å². The molecule has 2 rings (SSSR count). The maximum atomic E-state index is 11.4. The molecule has 1 aromatic carbocycles. The monoisotopic (exact) mass is 235 g/mol. The fourth-order valence-electron chi connectivity index (χ4n) is 1.93. The van der Waals surface area contributed by atoms with Crippen LogP contribution in [-0.2, 0) is 4.84 Å². The standard InChI is InChI=1S/C13H17NO3/c15-13(16-11-7-3-1-4-8-11)14-17-12-9-5-2-6-10-12/h1,3-4,7-8,12H,2,5-6,9-10H2,(H,14,15). The lowest BCUT2D eigenvalue weighted by molar-refractivity contribution is -0.0306. The van der Waals surface area contributed by atoms with Crippen LogP contribution in [0, 0.1) is 0 Å². The molecule has 1 aliphatic rings. The zero-order chi connectivity index (χ0) is 11.9. The molecule has 1 N–H and O–H groups in total. The van der Waals surface area contributed by atoms with E-state index in [1.54, 1.807) is 12.1 Å². The number of carbonyl (C=O) groups excluding carboxylic acids is 1. The van der Waals surface area contributed by atoms with E-state index in [9.17, 15) is 4.79 Å². The Labute approximate surface area is 101 Å². The zero-order valence-electron chi connectivity index (χ0n) is 9.72. The first-order chi connectivity index (χ1) is 8.34. The number of para-hydroxylation sites is 1. The fraction of sp³-hybridized carbons (Fsp3) is 0.462. The van der Waals surface area contributed by atoms with Crippen molar-refractivity contribution < 1.29 is 14.4 Å². The van der Waals surface area contributed by atoms with Crippen LogP contribution in [-0.4, -0.2) is 12.2 Å². The van der Waals surface area contributed by atoms with Gasteiger partial charge in [0.05, 0.1) is 6.10 Å². The number of benzene rings is 1. The number of hydroxylamine groups is 1. The van der Waals surface area contributed by atoms with E-state index in [0.717, 1.165) is 12.8 Å². The van der Waals surface area contributed by atoms with Crippen molar-refractivity contribution in [2.24, 2.45) is 0 Å². The van der Waals surface area contributed by atoms with Crippen molar-refractivity contribution in [1.29, 1.82) is 0 Å². The van der Waals surface area contributed by atoms with Gasteiger partial charge in [0.25, 0.3) is 0 Å². The SMILES string of the molecule is O=C(NOC1CCCCC1)Oc1ccccc1. The van der Waals surface area contributed by atoms with Crippen molar-refractivity contribution >= 4 is 6.09 Å². The largest absolute Gasteiger partial charge is 0.436 e. The number of amides is 1. The van der Waals surface area contributed by atoms with Crippen molar-refractivity contribution in [3.05, 3.63) is 30.3 Å². The van der Waals surface area contributed by atoms with Crippen LogP contribution in [0.25, 0.3) is 0 Å². The van der Waals surface area contributed by atoms with Crippen molar-refractivity contribution in [3.8, 4) is 5.75 Å². The van der Waals surface area contributed by atoms with Crippen molar-refractivity contribution in [3.63, 3.8) is 0 Å². The van der Waals surface area contributed by atoms with E-state index in [0.29, 0.717) is 5.75 Å². The molecule has 17 heavy (non-hydrogen) atoms. The summed E-state index contributed by atoms with van der Waals surface area (Å²) >= 11 is 0. The Morgan fingerprint density at radius 2 is 1.82 bits per heavy atom. The molecular weight excluding hydrogens is 218 g/mol.